The van der Waals surface area contributed by atoms with E-state index in [2.05, 4.69) is 27.3 Å². The lowest BCUT2D eigenvalue weighted by atomic mass is 10.1. The molecule has 1 N–H and O–H groups in total. The second-order valence-electron chi connectivity index (χ2n) is 3.60. The summed E-state index contributed by atoms with van der Waals surface area (Å²) in [4.78, 5) is 10.9. The minimum absolute atomic E-state index is 0.0244. The van der Waals surface area contributed by atoms with Gasteiger partial charge in [-0.3, -0.25) is 4.79 Å². The van der Waals surface area contributed by atoms with Gasteiger partial charge in [0.15, 0.2) is 0 Å². The first-order chi connectivity index (χ1) is 6.68. The predicted octanol–water partition coefficient (Wildman–Crippen LogP) is 2.90. The molecular formula is C11H12BrNO. The summed E-state index contributed by atoms with van der Waals surface area (Å²) < 4.78 is 1.06. The normalized spacial score (nSPS) is 13.9. The van der Waals surface area contributed by atoms with Crippen LogP contribution in [0.3, 0.4) is 0 Å². The van der Waals surface area contributed by atoms with Gasteiger partial charge in [-0.05, 0) is 52.4 Å². The van der Waals surface area contributed by atoms with Gasteiger partial charge in [0.1, 0.15) is 0 Å². The quantitative estimate of drug-likeness (QED) is 0.820. The van der Waals surface area contributed by atoms with Crippen LogP contribution < -0.4 is 5.32 Å². The van der Waals surface area contributed by atoms with Crippen molar-refractivity contribution in [3.8, 4) is 0 Å². The maximum atomic E-state index is 10.9. The summed E-state index contributed by atoms with van der Waals surface area (Å²) in [6.07, 6.45) is 3.50. The van der Waals surface area contributed by atoms with Crippen LogP contribution in [0.2, 0.25) is 0 Å². The van der Waals surface area contributed by atoms with Crippen LogP contribution in [-0.2, 0) is 17.6 Å². The monoisotopic (exact) mass is 253 g/mol. The van der Waals surface area contributed by atoms with Crippen LogP contribution in [0.15, 0.2) is 16.6 Å². The molecule has 0 bridgehead atoms. The number of hydrogen-bond donors (Lipinski definition) is 1. The van der Waals surface area contributed by atoms with Crippen LogP contribution >= 0.6 is 15.9 Å². The van der Waals surface area contributed by atoms with Crippen LogP contribution in [0.1, 0.15) is 24.5 Å². The van der Waals surface area contributed by atoms with Crippen molar-refractivity contribution in [3.05, 3.63) is 27.7 Å². The number of hydrogen-bond acceptors (Lipinski definition) is 1. The number of anilines is 1. The zero-order valence-corrected chi connectivity index (χ0v) is 9.65. The molecule has 74 valence electrons. The van der Waals surface area contributed by atoms with E-state index in [1.165, 1.54) is 24.5 Å². The molecule has 2 rings (SSSR count). The highest BCUT2D eigenvalue weighted by molar-refractivity contribution is 9.10. The summed E-state index contributed by atoms with van der Waals surface area (Å²) in [5, 5.41) is 2.82. The van der Waals surface area contributed by atoms with Gasteiger partial charge in [-0.1, -0.05) is 6.07 Å². The van der Waals surface area contributed by atoms with Crippen molar-refractivity contribution in [2.45, 2.75) is 26.2 Å². The zero-order chi connectivity index (χ0) is 10.1. The largest absolute Gasteiger partial charge is 0.325 e. The van der Waals surface area contributed by atoms with Crippen molar-refractivity contribution >= 4 is 27.5 Å². The molecule has 1 amide bonds. The topological polar surface area (TPSA) is 29.1 Å². The molecule has 0 unspecified atom stereocenters. The Labute approximate surface area is 91.8 Å². The van der Waals surface area contributed by atoms with Crippen LogP contribution in [0.5, 0.6) is 0 Å². The molecule has 0 fully saturated rings. The van der Waals surface area contributed by atoms with E-state index in [0.29, 0.717) is 0 Å². The van der Waals surface area contributed by atoms with Crippen molar-refractivity contribution < 1.29 is 4.79 Å². The van der Waals surface area contributed by atoms with Gasteiger partial charge >= 0.3 is 0 Å². The van der Waals surface area contributed by atoms with Gasteiger partial charge < -0.3 is 5.32 Å². The van der Waals surface area contributed by atoms with E-state index in [1.807, 2.05) is 6.07 Å². The fourth-order valence-corrected chi connectivity index (χ4v) is 2.59. The Balaban J connectivity index is 2.39. The summed E-state index contributed by atoms with van der Waals surface area (Å²) in [6, 6.07) is 4.08. The Hall–Kier alpha value is -0.830. The second kappa shape index (κ2) is 3.73. The summed E-state index contributed by atoms with van der Waals surface area (Å²) in [7, 11) is 0. The van der Waals surface area contributed by atoms with Crippen molar-refractivity contribution in [1.29, 1.82) is 0 Å². The van der Waals surface area contributed by atoms with Crippen LogP contribution in [-0.4, -0.2) is 5.91 Å². The molecular weight excluding hydrogens is 242 g/mol. The number of aryl methyl sites for hydroxylation is 1. The van der Waals surface area contributed by atoms with E-state index in [1.54, 1.807) is 0 Å². The molecule has 1 aliphatic rings. The molecule has 14 heavy (non-hydrogen) atoms. The molecule has 0 saturated heterocycles. The number of nitrogens with one attached hydrogen (secondary N) is 1. The summed E-state index contributed by atoms with van der Waals surface area (Å²) in [5.41, 5.74) is 3.65. The van der Waals surface area contributed by atoms with Crippen molar-refractivity contribution in [2.24, 2.45) is 0 Å². The number of carbonyl (C=O) groups excluding carboxylic acids is 1. The lowest BCUT2D eigenvalue weighted by molar-refractivity contribution is -0.114. The Bertz CT molecular complexity index is 387. The molecule has 0 heterocycles. The Morgan fingerprint density at radius 3 is 2.93 bits per heavy atom. The fourth-order valence-electron chi connectivity index (χ4n) is 1.91. The first-order valence-corrected chi connectivity index (χ1v) is 5.55. The molecule has 1 aromatic rings. The highest BCUT2D eigenvalue weighted by atomic mass is 79.9. The number of amides is 1. The molecule has 3 heteroatoms. The van der Waals surface area contributed by atoms with Crippen LogP contribution in [0.25, 0.3) is 0 Å². The Kier molecular flexibility index (Phi) is 2.59. The maximum absolute atomic E-state index is 10.9. The summed E-state index contributed by atoms with van der Waals surface area (Å²) in [5.74, 6) is -0.0244. The van der Waals surface area contributed by atoms with Gasteiger partial charge in [0.05, 0.1) is 5.69 Å². The Morgan fingerprint density at radius 2 is 2.21 bits per heavy atom. The summed E-state index contributed by atoms with van der Waals surface area (Å²) in [6.45, 7) is 1.53. The van der Waals surface area contributed by atoms with Gasteiger partial charge in [-0.15, -0.1) is 0 Å². The number of halogens is 1. The molecule has 0 atom stereocenters. The van der Waals surface area contributed by atoms with Crippen molar-refractivity contribution in [1.82, 2.24) is 0 Å². The van der Waals surface area contributed by atoms with E-state index in [9.17, 15) is 4.79 Å². The Morgan fingerprint density at radius 1 is 1.43 bits per heavy atom. The molecule has 0 spiro atoms. The van der Waals surface area contributed by atoms with Crippen LogP contribution in [0.4, 0.5) is 5.69 Å². The molecule has 2 nitrogen and oxygen atoms in total. The first-order valence-electron chi connectivity index (χ1n) is 4.76. The van der Waals surface area contributed by atoms with E-state index < -0.39 is 0 Å². The minimum Gasteiger partial charge on any atom is -0.325 e. The van der Waals surface area contributed by atoms with Crippen LogP contribution in [0, 0.1) is 0 Å². The van der Waals surface area contributed by atoms with Gasteiger partial charge in [-0.2, -0.15) is 0 Å². The van der Waals surface area contributed by atoms with Crippen molar-refractivity contribution in [2.75, 3.05) is 5.32 Å². The van der Waals surface area contributed by atoms with Gasteiger partial charge in [0.2, 0.25) is 5.91 Å². The number of carbonyl (C=O) groups is 1. The fraction of sp³-hybridized carbons (Fsp3) is 0.364. The molecule has 0 saturated carbocycles. The van der Waals surface area contributed by atoms with Crippen molar-refractivity contribution in [3.63, 3.8) is 0 Å². The number of fused-ring (bicyclic) bond motifs is 1. The molecule has 1 aromatic carbocycles. The van der Waals surface area contributed by atoms with Gasteiger partial charge in [0.25, 0.3) is 0 Å². The van der Waals surface area contributed by atoms with E-state index >= 15 is 0 Å². The third-order valence-electron chi connectivity index (χ3n) is 2.52. The number of rotatable bonds is 1. The first kappa shape index (κ1) is 9.71. The average Bonchev–Trinajstić information content (AvgIpc) is 2.57. The highest BCUT2D eigenvalue weighted by Crippen LogP contribution is 2.34. The maximum Gasteiger partial charge on any atom is 0.221 e. The molecule has 0 aromatic heterocycles. The smallest absolute Gasteiger partial charge is 0.221 e. The lowest BCUT2D eigenvalue weighted by Gasteiger charge is -2.09. The zero-order valence-electron chi connectivity index (χ0n) is 8.06. The highest BCUT2D eigenvalue weighted by Gasteiger charge is 2.16. The minimum atomic E-state index is -0.0244. The summed E-state index contributed by atoms with van der Waals surface area (Å²) >= 11 is 3.55. The van der Waals surface area contributed by atoms with Gasteiger partial charge in [-0.25, -0.2) is 0 Å². The standard InChI is InChI=1S/C11H12BrNO/c1-7(14)13-10-6-5-8-3-2-4-9(8)11(10)12/h5-6H,2-4H2,1H3,(H,13,14). The van der Waals surface area contributed by atoms with E-state index in [0.717, 1.165) is 23.0 Å². The molecule has 0 aliphatic heterocycles. The van der Waals surface area contributed by atoms with E-state index in [4.69, 9.17) is 0 Å². The average molecular weight is 254 g/mol. The third-order valence-corrected chi connectivity index (χ3v) is 3.43. The SMILES string of the molecule is CC(=O)Nc1ccc2c(c1Br)CCC2. The molecule has 1 aliphatic carbocycles. The van der Waals surface area contributed by atoms with E-state index in [-0.39, 0.29) is 5.91 Å². The second-order valence-corrected chi connectivity index (χ2v) is 4.39. The third kappa shape index (κ3) is 1.69. The van der Waals surface area contributed by atoms with Gasteiger partial charge in [0, 0.05) is 11.4 Å². The number of benzene rings is 1. The predicted molar refractivity (Wildman–Crippen MR) is 60.5 cm³/mol. The lowest BCUT2D eigenvalue weighted by Crippen LogP contribution is -2.07. The molecule has 0 radical (unpaired) electrons.